The molecule has 0 fully saturated rings. The number of rotatable bonds is 6. The molecule has 8 nitrogen and oxygen atoms in total. The fraction of sp³-hybridized carbons (Fsp3) is 0.0769. The number of benzene rings is 1. The summed E-state index contributed by atoms with van der Waals surface area (Å²) in [7, 11) is 0. The molecule has 0 aliphatic heterocycles. The third kappa shape index (κ3) is 4.20. The van der Waals surface area contributed by atoms with Crippen LogP contribution in [0.5, 0.6) is 0 Å². The van der Waals surface area contributed by atoms with Crippen LogP contribution < -0.4 is 5.32 Å². The SMILES string of the molecule is O=[N+]([O-])c1cnc(Sc2nnc(NCc3ccccc3)s2)nc1. The minimum absolute atomic E-state index is 0.142. The van der Waals surface area contributed by atoms with E-state index in [-0.39, 0.29) is 5.69 Å². The average molecular weight is 346 g/mol. The van der Waals surface area contributed by atoms with Crippen LogP contribution in [0.25, 0.3) is 0 Å². The van der Waals surface area contributed by atoms with Crippen molar-refractivity contribution in [2.24, 2.45) is 0 Å². The lowest BCUT2D eigenvalue weighted by Crippen LogP contribution is -1.98. The molecular weight excluding hydrogens is 336 g/mol. The Balaban J connectivity index is 1.59. The predicted octanol–water partition coefficient (Wildman–Crippen LogP) is 3.00. The van der Waals surface area contributed by atoms with E-state index in [1.807, 2.05) is 30.3 Å². The lowest BCUT2D eigenvalue weighted by atomic mass is 10.2. The van der Waals surface area contributed by atoms with Crippen molar-refractivity contribution in [3.8, 4) is 0 Å². The highest BCUT2D eigenvalue weighted by molar-refractivity contribution is 8.00. The molecule has 0 radical (unpaired) electrons. The molecule has 23 heavy (non-hydrogen) atoms. The lowest BCUT2D eigenvalue weighted by molar-refractivity contribution is -0.385. The van der Waals surface area contributed by atoms with E-state index in [9.17, 15) is 10.1 Å². The van der Waals surface area contributed by atoms with Gasteiger partial charge in [-0.25, -0.2) is 9.97 Å². The van der Waals surface area contributed by atoms with Gasteiger partial charge in [0.1, 0.15) is 12.4 Å². The van der Waals surface area contributed by atoms with Crippen LogP contribution in [0, 0.1) is 10.1 Å². The molecule has 2 heterocycles. The molecule has 0 saturated carbocycles. The van der Waals surface area contributed by atoms with Gasteiger partial charge in [-0.15, -0.1) is 10.2 Å². The van der Waals surface area contributed by atoms with E-state index in [1.165, 1.54) is 35.5 Å². The Kier molecular flexibility index (Phi) is 4.74. The number of hydrogen-bond donors (Lipinski definition) is 1. The highest BCUT2D eigenvalue weighted by Crippen LogP contribution is 2.30. The van der Waals surface area contributed by atoms with E-state index in [2.05, 4.69) is 25.5 Å². The van der Waals surface area contributed by atoms with Crippen molar-refractivity contribution in [2.45, 2.75) is 16.0 Å². The molecule has 0 aliphatic carbocycles. The maximum atomic E-state index is 10.6. The predicted molar refractivity (Wildman–Crippen MR) is 86.5 cm³/mol. The first kappa shape index (κ1) is 15.3. The van der Waals surface area contributed by atoms with Gasteiger partial charge < -0.3 is 5.32 Å². The normalized spacial score (nSPS) is 10.4. The molecule has 3 aromatic rings. The van der Waals surface area contributed by atoms with E-state index in [1.54, 1.807) is 0 Å². The Hall–Kier alpha value is -2.59. The van der Waals surface area contributed by atoms with Gasteiger partial charge in [0.25, 0.3) is 0 Å². The van der Waals surface area contributed by atoms with Crippen molar-refractivity contribution in [1.82, 2.24) is 20.2 Å². The summed E-state index contributed by atoms with van der Waals surface area (Å²) in [5.41, 5.74) is 1.01. The second-order valence-corrected chi connectivity index (χ2v) is 6.49. The Morgan fingerprint density at radius 1 is 1.17 bits per heavy atom. The third-order valence-electron chi connectivity index (χ3n) is 2.70. The van der Waals surface area contributed by atoms with Gasteiger partial charge in [-0.05, 0) is 17.3 Å². The van der Waals surface area contributed by atoms with Crippen LogP contribution in [0.1, 0.15) is 5.56 Å². The first-order chi connectivity index (χ1) is 11.2. The van der Waals surface area contributed by atoms with Crippen molar-refractivity contribution in [3.63, 3.8) is 0 Å². The largest absolute Gasteiger partial charge is 0.356 e. The molecule has 0 unspecified atom stereocenters. The summed E-state index contributed by atoms with van der Waals surface area (Å²) >= 11 is 2.58. The molecule has 0 atom stereocenters. The second kappa shape index (κ2) is 7.11. The number of nitrogens with one attached hydrogen (secondary N) is 1. The van der Waals surface area contributed by atoms with Crippen molar-refractivity contribution in [2.75, 3.05) is 5.32 Å². The lowest BCUT2D eigenvalue weighted by Gasteiger charge is -2.00. The Bertz CT molecular complexity index is 794. The monoisotopic (exact) mass is 346 g/mol. The van der Waals surface area contributed by atoms with Gasteiger partial charge in [0.05, 0.1) is 4.92 Å². The summed E-state index contributed by atoms with van der Waals surface area (Å²) in [4.78, 5) is 17.9. The van der Waals surface area contributed by atoms with Gasteiger partial charge >= 0.3 is 5.69 Å². The summed E-state index contributed by atoms with van der Waals surface area (Å²) in [6.45, 7) is 0.661. The maximum Gasteiger partial charge on any atom is 0.305 e. The number of anilines is 1. The van der Waals surface area contributed by atoms with Gasteiger partial charge in [-0.2, -0.15) is 0 Å². The Labute approximate surface area is 139 Å². The van der Waals surface area contributed by atoms with Crippen LogP contribution >= 0.6 is 23.1 Å². The number of hydrogen-bond acceptors (Lipinski definition) is 9. The van der Waals surface area contributed by atoms with Crippen molar-refractivity contribution in [1.29, 1.82) is 0 Å². The highest BCUT2D eigenvalue weighted by atomic mass is 32.2. The highest BCUT2D eigenvalue weighted by Gasteiger charge is 2.10. The van der Waals surface area contributed by atoms with Crippen molar-refractivity contribution < 1.29 is 4.92 Å². The van der Waals surface area contributed by atoms with Crippen LogP contribution in [0.3, 0.4) is 0 Å². The van der Waals surface area contributed by atoms with E-state index in [0.717, 1.165) is 5.56 Å². The summed E-state index contributed by atoms with van der Waals surface area (Å²) in [6, 6.07) is 9.96. The standard InChI is InChI=1S/C13H10N6O2S2/c20-19(21)10-7-15-11(16-8-10)22-13-18-17-12(23-13)14-6-9-4-2-1-3-5-9/h1-5,7-8H,6H2,(H,14,17). The number of aromatic nitrogens is 4. The molecule has 116 valence electrons. The molecule has 0 amide bonds. The first-order valence-corrected chi connectivity index (χ1v) is 8.09. The van der Waals surface area contributed by atoms with Gasteiger partial charge in [-0.3, -0.25) is 10.1 Å². The Morgan fingerprint density at radius 2 is 1.91 bits per heavy atom. The molecule has 1 aromatic carbocycles. The van der Waals surface area contributed by atoms with Gasteiger partial charge in [0.15, 0.2) is 9.50 Å². The smallest absolute Gasteiger partial charge is 0.305 e. The second-order valence-electron chi connectivity index (χ2n) is 4.30. The zero-order chi connectivity index (χ0) is 16.1. The average Bonchev–Trinajstić information content (AvgIpc) is 3.02. The fourth-order valence-electron chi connectivity index (χ4n) is 1.63. The van der Waals surface area contributed by atoms with Gasteiger partial charge in [0.2, 0.25) is 5.13 Å². The zero-order valence-corrected chi connectivity index (χ0v) is 13.3. The first-order valence-electron chi connectivity index (χ1n) is 6.46. The molecule has 0 saturated heterocycles. The summed E-state index contributed by atoms with van der Waals surface area (Å²) in [5, 5.41) is 22.9. The Morgan fingerprint density at radius 3 is 2.61 bits per heavy atom. The summed E-state index contributed by atoms with van der Waals surface area (Å²) in [6.07, 6.45) is 2.34. The van der Waals surface area contributed by atoms with Gasteiger partial charge in [0, 0.05) is 6.54 Å². The molecule has 0 aliphatic rings. The molecule has 3 rings (SSSR count). The maximum absolute atomic E-state index is 10.6. The van der Waals surface area contributed by atoms with E-state index in [4.69, 9.17) is 0 Å². The minimum atomic E-state index is -0.537. The van der Waals surface area contributed by atoms with Crippen LogP contribution in [-0.2, 0) is 6.54 Å². The zero-order valence-electron chi connectivity index (χ0n) is 11.6. The van der Waals surface area contributed by atoms with Crippen LogP contribution in [0.4, 0.5) is 10.8 Å². The molecule has 2 aromatic heterocycles. The summed E-state index contributed by atoms with van der Waals surface area (Å²) < 4.78 is 0.661. The quantitative estimate of drug-likeness (QED) is 0.412. The number of nitro groups is 1. The van der Waals surface area contributed by atoms with E-state index in [0.29, 0.717) is 21.2 Å². The fourth-order valence-corrected chi connectivity index (χ4v) is 3.18. The van der Waals surface area contributed by atoms with E-state index < -0.39 is 4.92 Å². The molecule has 0 bridgehead atoms. The molecule has 10 heteroatoms. The van der Waals surface area contributed by atoms with Gasteiger partial charge in [-0.1, -0.05) is 41.7 Å². The summed E-state index contributed by atoms with van der Waals surface area (Å²) in [5.74, 6) is 0. The van der Waals surface area contributed by atoms with Crippen molar-refractivity contribution >= 4 is 33.9 Å². The third-order valence-corrected chi connectivity index (χ3v) is 4.52. The topological polar surface area (TPSA) is 107 Å². The van der Waals surface area contributed by atoms with Crippen LogP contribution in [0.15, 0.2) is 52.2 Å². The van der Waals surface area contributed by atoms with Crippen molar-refractivity contribution in [3.05, 3.63) is 58.4 Å². The molecule has 0 spiro atoms. The minimum Gasteiger partial charge on any atom is -0.356 e. The number of nitrogens with zero attached hydrogens (tertiary/aromatic N) is 5. The van der Waals surface area contributed by atoms with E-state index >= 15 is 0 Å². The van der Waals surface area contributed by atoms with Crippen LogP contribution in [0.2, 0.25) is 0 Å². The molecule has 1 N–H and O–H groups in total. The van der Waals surface area contributed by atoms with Crippen LogP contribution in [-0.4, -0.2) is 25.1 Å². The molecular formula is C13H10N6O2S2.